The number of nitrogens with zero attached hydrogens (tertiary/aromatic N) is 1. The van der Waals surface area contributed by atoms with Gasteiger partial charge < -0.3 is 14.7 Å². The highest BCUT2D eigenvalue weighted by Crippen LogP contribution is 2.22. The van der Waals surface area contributed by atoms with Crippen LogP contribution in [0.4, 0.5) is 0 Å². The lowest BCUT2D eigenvalue weighted by atomic mass is 10.1. The summed E-state index contributed by atoms with van der Waals surface area (Å²) in [6, 6.07) is 5.16. The van der Waals surface area contributed by atoms with Gasteiger partial charge in [0.25, 0.3) is 5.91 Å². The smallest absolute Gasteiger partial charge is 0.254 e. The third-order valence-electron chi connectivity index (χ3n) is 2.81. The van der Waals surface area contributed by atoms with E-state index in [-0.39, 0.29) is 18.6 Å². The van der Waals surface area contributed by atoms with Crippen LogP contribution >= 0.6 is 31.9 Å². The van der Waals surface area contributed by atoms with Crippen molar-refractivity contribution in [1.29, 1.82) is 0 Å². The van der Waals surface area contributed by atoms with E-state index in [4.69, 9.17) is 4.74 Å². The van der Waals surface area contributed by atoms with Gasteiger partial charge in [0.05, 0.1) is 25.9 Å². The van der Waals surface area contributed by atoms with E-state index < -0.39 is 0 Å². The molecule has 1 atom stereocenters. The first-order valence-electron chi connectivity index (χ1n) is 5.57. The van der Waals surface area contributed by atoms with Gasteiger partial charge in [0.2, 0.25) is 0 Å². The van der Waals surface area contributed by atoms with Crippen LogP contribution in [0.5, 0.6) is 0 Å². The van der Waals surface area contributed by atoms with Crippen LogP contribution in [0.3, 0.4) is 0 Å². The van der Waals surface area contributed by atoms with E-state index in [0.717, 1.165) is 8.95 Å². The molecule has 0 spiro atoms. The van der Waals surface area contributed by atoms with Crippen molar-refractivity contribution in [3.8, 4) is 0 Å². The number of morpholine rings is 1. The van der Waals surface area contributed by atoms with Gasteiger partial charge in [0.15, 0.2) is 0 Å². The molecule has 1 aliphatic rings. The molecular weight excluding hydrogens is 366 g/mol. The van der Waals surface area contributed by atoms with E-state index in [9.17, 15) is 9.90 Å². The molecule has 0 radical (unpaired) electrons. The Balaban J connectivity index is 2.23. The Hall–Kier alpha value is -0.430. The van der Waals surface area contributed by atoms with Crippen molar-refractivity contribution in [2.45, 2.75) is 6.04 Å². The second kappa shape index (κ2) is 6.14. The second-order valence-electron chi connectivity index (χ2n) is 4.07. The molecule has 1 aromatic carbocycles. The first kappa shape index (κ1) is 14.0. The largest absolute Gasteiger partial charge is 0.394 e. The predicted octanol–water partition coefficient (Wildman–Crippen LogP) is 2.04. The molecule has 0 bridgehead atoms. The monoisotopic (exact) mass is 377 g/mol. The summed E-state index contributed by atoms with van der Waals surface area (Å²) >= 11 is 6.73. The maximum atomic E-state index is 12.4. The Morgan fingerprint density at radius 2 is 2.06 bits per heavy atom. The molecule has 1 amide bonds. The number of carbonyl (C=O) groups is 1. The van der Waals surface area contributed by atoms with Crippen LogP contribution in [0.15, 0.2) is 27.1 Å². The number of carbonyl (C=O) groups excluding carboxylic acids is 1. The SMILES string of the molecule is O=C(c1cc(Br)cc(Br)c1)N1CCOCC1CO. The minimum atomic E-state index is -0.260. The molecule has 1 N–H and O–H groups in total. The average molecular weight is 379 g/mol. The van der Waals surface area contributed by atoms with Gasteiger partial charge in [0, 0.05) is 21.1 Å². The maximum absolute atomic E-state index is 12.4. The highest BCUT2D eigenvalue weighted by molar-refractivity contribution is 9.11. The lowest BCUT2D eigenvalue weighted by molar-refractivity contribution is -0.0184. The summed E-state index contributed by atoms with van der Waals surface area (Å²) in [6.07, 6.45) is 0. The Bertz CT molecular complexity index is 433. The van der Waals surface area contributed by atoms with Gasteiger partial charge in [-0.1, -0.05) is 31.9 Å². The Kier molecular flexibility index (Phi) is 4.77. The number of aliphatic hydroxyl groups is 1. The zero-order chi connectivity index (χ0) is 13.1. The van der Waals surface area contributed by atoms with Crippen molar-refractivity contribution >= 4 is 37.8 Å². The van der Waals surface area contributed by atoms with Gasteiger partial charge in [-0.25, -0.2) is 0 Å². The zero-order valence-electron chi connectivity index (χ0n) is 9.60. The summed E-state index contributed by atoms with van der Waals surface area (Å²) in [5.41, 5.74) is 0.594. The highest BCUT2D eigenvalue weighted by atomic mass is 79.9. The number of benzene rings is 1. The molecule has 1 unspecified atom stereocenters. The first-order valence-corrected chi connectivity index (χ1v) is 7.16. The minimum Gasteiger partial charge on any atom is -0.394 e. The van der Waals surface area contributed by atoms with Crippen molar-refractivity contribution < 1.29 is 14.6 Å². The van der Waals surface area contributed by atoms with E-state index >= 15 is 0 Å². The quantitative estimate of drug-likeness (QED) is 0.856. The second-order valence-corrected chi connectivity index (χ2v) is 5.90. The van der Waals surface area contributed by atoms with Crippen LogP contribution in [-0.2, 0) is 4.74 Å². The standard InChI is InChI=1S/C12H13Br2NO3/c13-9-3-8(4-10(14)5-9)12(17)15-1-2-18-7-11(15)6-16/h3-5,11,16H,1-2,6-7H2. The van der Waals surface area contributed by atoms with Crippen LogP contribution < -0.4 is 0 Å². The highest BCUT2D eigenvalue weighted by Gasteiger charge is 2.27. The zero-order valence-corrected chi connectivity index (χ0v) is 12.8. The Morgan fingerprint density at radius 1 is 1.39 bits per heavy atom. The van der Waals surface area contributed by atoms with Crippen LogP contribution in [0, 0.1) is 0 Å². The van der Waals surface area contributed by atoms with Crippen molar-refractivity contribution in [2.75, 3.05) is 26.4 Å². The molecule has 1 fully saturated rings. The summed E-state index contributed by atoms with van der Waals surface area (Å²) in [5, 5.41) is 9.27. The Morgan fingerprint density at radius 3 is 2.67 bits per heavy atom. The third kappa shape index (κ3) is 3.12. The summed E-state index contributed by atoms with van der Waals surface area (Å²) in [7, 11) is 0. The number of amides is 1. The topological polar surface area (TPSA) is 49.8 Å². The molecule has 98 valence electrons. The van der Waals surface area contributed by atoms with E-state index in [0.29, 0.717) is 25.3 Å². The third-order valence-corrected chi connectivity index (χ3v) is 3.72. The van der Waals surface area contributed by atoms with Crippen LogP contribution in [-0.4, -0.2) is 48.3 Å². The van der Waals surface area contributed by atoms with Crippen molar-refractivity contribution in [3.63, 3.8) is 0 Å². The molecule has 4 nitrogen and oxygen atoms in total. The average Bonchev–Trinajstić information content (AvgIpc) is 2.36. The van der Waals surface area contributed by atoms with Crippen LogP contribution in [0.1, 0.15) is 10.4 Å². The molecule has 1 aromatic rings. The fourth-order valence-corrected chi connectivity index (χ4v) is 3.21. The molecule has 0 saturated carbocycles. The van der Waals surface area contributed by atoms with Gasteiger partial charge in [-0.05, 0) is 18.2 Å². The summed E-state index contributed by atoms with van der Waals surface area (Å²) in [5.74, 6) is -0.0839. The molecule has 6 heteroatoms. The van der Waals surface area contributed by atoms with E-state index in [1.807, 2.05) is 6.07 Å². The van der Waals surface area contributed by atoms with E-state index in [1.54, 1.807) is 17.0 Å². The number of hydrogen-bond donors (Lipinski definition) is 1. The summed E-state index contributed by atoms with van der Waals surface area (Å²) in [4.78, 5) is 14.1. The van der Waals surface area contributed by atoms with Crippen molar-refractivity contribution in [3.05, 3.63) is 32.7 Å². The molecule has 2 rings (SSSR count). The minimum absolute atomic E-state index is 0.0824. The lowest BCUT2D eigenvalue weighted by Crippen LogP contribution is -2.50. The van der Waals surface area contributed by atoms with Gasteiger partial charge >= 0.3 is 0 Å². The Labute approximate surface area is 122 Å². The molecule has 1 heterocycles. The molecule has 0 aliphatic carbocycles. The fourth-order valence-electron chi connectivity index (χ4n) is 1.92. The molecule has 1 saturated heterocycles. The van der Waals surface area contributed by atoms with Gasteiger partial charge in [0.1, 0.15) is 0 Å². The number of aliphatic hydroxyl groups excluding tert-OH is 1. The fraction of sp³-hybridized carbons (Fsp3) is 0.417. The van der Waals surface area contributed by atoms with Gasteiger partial charge in [-0.15, -0.1) is 0 Å². The predicted molar refractivity (Wildman–Crippen MR) is 74.6 cm³/mol. The molecule has 1 aliphatic heterocycles. The van der Waals surface area contributed by atoms with Crippen LogP contribution in [0.2, 0.25) is 0 Å². The number of ether oxygens (including phenoxy) is 1. The maximum Gasteiger partial charge on any atom is 0.254 e. The van der Waals surface area contributed by atoms with Gasteiger partial charge in [-0.2, -0.15) is 0 Å². The van der Waals surface area contributed by atoms with E-state index in [1.165, 1.54) is 0 Å². The normalized spacial score (nSPS) is 19.9. The molecular formula is C12H13Br2NO3. The number of rotatable bonds is 2. The lowest BCUT2D eigenvalue weighted by Gasteiger charge is -2.34. The van der Waals surface area contributed by atoms with Gasteiger partial charge in [-0.3, -0.25) is 4.79 Å². The van der Waals surface area contributed by atoms with E-state index in [2.05, 4.69) is 31.9 Å². The number of hydrogen-bond acceptors (Lipinski definition) is 3. The van der Waals surface area contributed by atoms with Crippen molar-refractivity contribution in [2.24, 2.45) is 0 Å². The van der Waals surface area contributed by atoms with Crippen molar-refractivity contribution in [1.82, 2.24) is 4.90 Å². The summed E-state index contributed by atoms with van der Waals surface area (Å²) in [6.45, 7) is 1.32. The molecule has 18 heavy (non-hydrogen) atoms. The summed E-state index contributed by atoms with van der Waals surface area (Å²) < 4.78 is 6.95. The number of halogens is 2. The van der Waals surface area contributed by atoms with Crippen LogP contribution in [0.25, 0.3) is 0 Å². The first-order chi connectivity index (χ1) is 8.61. The molecule has 0 aromatic heterocycles.